The summed E-state index contributed by atoms with van der Waals surface area (Å²) in [5.74, 6) is -0.995. The summed E-state index contributed by atoms with van der Waals surface area (Å²) in [6.07, 6.45) is 2.94. The number of ether oxygens (including phenoxy) is 1. The molecule has 2 saturated carbocycles. The Hall–Kier alpha value is -2.70. The third-order valence-corrected chi connectivity index (χ3v) is 6.43. The first-order chi connectivity index (χ1) is 13.8. The Labute approximate surface area is 169 Å². The van der Waals surface area contributed by atoms with Crippen LogP contribution in [-0.2, 0) is 23.9 Å². The van der Waals surface area contributed by atoms with Crippen LogP contribution in [0.25, 0.3) is 0 Å². The van der Waals surface area contributed by atoms with Crippen molar-refractivity contribution in [3.05, 3.63) is 29.3 Å². The molecule has 0 aromatic heterocycles. The van der Waals surface area contributed by atoms with E-state index in [0.717, 1.165) is 30.4 Å². The fraction of sp³-hybridized carbons (Fsp3) is 0.545. The molecule has 1 aromatic rings. The number of rotatable bonds is 6. The van der Waals surface area contributed by atoms with E-state index in [4.69, 9.17) is 4.74 Å². The maximum Gasteiger partial charge on any atom is 0.308 e. The average Bonchev–Trinajstić information content (AvgIpc) is 3.32. The Kier molecular flexibility index (Phi) is 5.15. The van der Waals surface area contributed by atoms with Crippen molar-refractivity contribution in [1.29, 1.82) is 0 Å². The van der Waals surface area contributed by atoms with Crippen molar-refractivity contribution in [2.24, 2.45) is 23.7 Å². The number of hydrogen-bond acceptors (Lipinski definition) is 5. The lowest BCUT2D eigenvalue weighted by Gasteiger charge is -2.19. The van der Waals surface area contributed by atoms with Crippen molar-refractivity contribution >= 4 is 29.4 Å². The van der Waals surface area contributed by atoms with Crippen LogP contribution in [0, 0.1) is 37.5 Å². The number of benzene rings is 1. The number of anilines is 1. The van der Waals surface area contributed by atoms with E-state index in [-0.39, 0.29) is 36.6 Å². The van der Waals surface area contributed by atoms with Gasteiger partial charge in [-0.15, -0.1) is 0 Å². The zero-order valence-electron chi connectivity index (χ0n) is 16.8. The number of aryl methyl sites for hydroxylation is 2. The molecule has 3 aliphatic rings. The van der Waals surface area contributed by atoms with E-state index in [9.17, 15) is 19.2 Å². The molecule has 0 unspecified atom stereocenters. The highest BCUT2D eigenvalue weighted by molar-refractivity contribution is 6.06. The van der Waals surface area contributed by atoms with Gasteiger partial charge >= 0.3 is 5.97 Å². The van der Waals surface area contributed by atoms with Crippen LogP contribution in [0.5, 0.6) is 0 Å². The van der Waals surface area contributed by atoms with Crippen LogP contribution < -0.4 is 5.32 Å². The Morgan fingerprint density at radius 2 is 1.62 bits per heavy atom. The van der Waals surface area contributed by atoms with Crippen LogP contribution >= 0.6 is 0 Å². The topological polar surface area (TPSA) is 92.8 Å². The Morgan fingerprint density at radius 1 is 1.03 bits per heavy atom. The van der Waals surface area contributed by atoms with Gasteiger partial charge in [-0.2, -0.15) is 0 Å². The maximum absolute atomic E-state index is 12.6. The van der Waals surface area contributed by atoms with Gasteiger partial charge < -0.3 is 10.1 Å². The number of fused-ring (bicyclic) bond motifs is 5. The summed E-state index contributed by atoms with van der Waals surface area (Å²) in [5.41, 5.74) is 2.70. The minimum absolute atomic E-state index is 0.0294. The van der Waals surface area contributed by atoms with Crippen LogP contribution in [-0.4, -0.2) is 41.7 Å². The SMILES string of the molecule is Cc1cc(C)cc(NC(=O)COC(=O)CCN2C(=O)[C@H]3[C@@H]4CC[C@H](C4)[C@@H]3C2=O)c1. The smallest absolute Gasteiger partial charge is 0.308 e. The van der Waals surface area contributed by atoms with Gasteiger partial charge in [0.25, 0.3) is 5.91 Å². The number of amides is 3. The molecule has 1 aliphatic heterocycles. The molecule has 0 spiro atoms. The lowest BCUT2D eigenvalue weighted by atomic mass is 9.81. The molecule has 2 aliphatic carbocycles. The van der Waals surface area contributed by atoms with Crippen LogP contribution in [0.15, 0.2) is 18.2 Å². The van der Waals surface area contributed by atoms with Gasteiger partial charge in [0.05, 0.1) is 18.3 Å². The molecular weight excluding hydrogens is 372 g/mol. The van der Waals surface area contributed by atoms with Gasteiger partial charge in [-0.25, -0.2) is 0 Å². The third-order valence-electron chi connectivity index (χ3n) is 6.43. The number of carbonyl (C=O) groups excluding carboxylic acids is 4. The molecule has 7 nitrogen and oxygen atoms in total. The van der Waals surface area contributed by atoms with Crippen molar-refractivity contribution in [1.82, 2.24) is 4.90 Å². The van der Waals surface area contributed by atoms with Gasteiger partial charge in [-0.3, -0.25) is 24.1 Å². The van der Waals surface area contributed by atoms with Gasteiger partial charge in [0.1, 0.15) is 0 Å². The molecule has 7 heteroatoms. The molecule has 1 saturated heterocycles. The molecule has 1 N–H and O–H groups in total. The quantitative estimate of drug-likeness (QED) is 0.586. The fourth-order valence-electron chi connectivity index (χ4n) is 5.36. The Bertz CT molecular complexity index is 832. The van der Waals surface area contributed by atoms with Crippen LogP contribution in [0.3, 0.4) is 0 Å². The maximum atomic E-state index is 12.6. The molecule has 1 aromatic carbocycles. The number of likely N-dealkylation sites (tertiary alicyclic amines) is 1. The van der Waals surface area contributed by atoms with Gasteiger partial charge in [-0.1, -0.05) is 6.07 Å². The molecule has 4 rings (SSSR count). The van der Waals surface area contributed by atoms with Crippen LogP contribution in [0.2, 0.25) is 0 Å². The summed E-state index contributed by atoms with van der Waals surface area (Å²) in [6, 6.07) is 5.67. The summed E-state index contributed by atoms with van der Waals surface area (Å²) in [5, 5.41) is 2.70. The van der Waals surface area contributed by atoms with Crippen molar-refractivity contribution in [3.8, 4) is 0 Å². The zero-order valence-corrected chi connectivity index (χ0v) is 16.8. The minimum Gasteiger partial charge on any atom is -0.456 e. The first kappa shape index (κ1) is 19.6. The highest BCUT2D eigenvalue weighted by atomic mass is 16.5. The van der Waals surface area contributed by atoms with Crippen molar-refractivity contribution in [2.45, 2.75) is 39.5 Å². The average molecular weight is 398 g/mol. The van der Waals surface area contributed by atoms with Gasteiger partial charge in [-0.05, 0) is 68.2 Å². The second-order valence-corrected chi connectivity index (χ2v) is 8.55. The van der Waals surface area contributed by atoms with Gasteiger partial charge in [0, 0.05) is 12.2 Å². The van der Waals surface area contributed by atoms with Crippen molar-refractivity contribution in [3.63, 3.8) is 0 Å². The zero-order chi connectivity index (χ0) is 20.7. The van der Waals surface area contributed by atoms with E-state index in [1.807, 2.05) is 32.0 Å². The molecule has 1 heterocycles. The molecule has 2 bridgehead atoms. The van der Waals surface area contributed by atoms with E-state index >= 15 is 0 Å². The van der Waals surface area contributed by atoms with Crippen molar-refractivity contribution < 1.29 is 23.9 Å². The molecular formula is C22H26N2O5. The third kappa shape index (κ3) is 3.78. The van der Waals surface area contributed by atoms with E-state index in [0.29, 0.717) is 17.5 Å². The summed E-state index contributed by atoms with van der Waals surface area (Å²) >= 11 is 0. The number of nitrogens with zero attached hydrogens (tertiary/aromatic N) is 1. The normalized spacial score (nSPS) is 27.3. The highest BCUT2D eigenvalue weighted by Crippen LogP contribution is 2.56. The lowest BCUT2D eigenvalue weighted by Crippen LogP contribution is -2.35. The molecule has 29 heavy (non-hydrogen) atoms. The number of esters is 1. The standard InChI is InChI=1S/C22H26N2O5/c1-12-7-13(2)9-16(8-12)23-17(25)11-29-18(26)5-6-24-21(27)19-14-3-4-15(10-14)20(19)22(24)28/h7-9,14-15,19-20H,3-6,10-11H2,1-2H3,(H,23,25)/t14-,15-,19+,20+/m1/s1. The minimum atomic E-state index is -0.596. The summed E-state index contributed by atoms with van der Waals surface area (Å²) in [6.45, 7) is 3.50. The Balaban J connectivity index is 1.24. The van der Waals surface area contributed by atoms with Crippen molar-refractivity contribution in [2.75, 3.05) is 18.5 Å². The lowest BCUT2D eigenvalue weighted by molar-refractivity contribution is -0.149. The van der Waals surface area contributed by atoms with Crippen LogP contribution in [0.4, 0.5) is 5.69 Å². The largest absolute Gasteiger partial charge is 0.456 e. The second-order valence-electron chi connectivity index (χ2n) is 8.55. The van der Waals surface area contributed by atoms with Gasteiger partial charge in [0.2, 0.25) is 11.8 Å². The predicted octanol–water partition coefficient (Wildman–Crippen LogP) is 2.21. The first-order valence-electron chi connectivity index (χ1n) is 10.2. The number of nitrogens with one attached hydrogen (secondary N) is 1. The fourth-order valence-corrected chi connectivity index (χ4v) is 5.36. The predicted molar refractivity (Wildman–Crippen MR) is 105 cm³/mol. The van der Waals surface area contributed by atoms with E-state index in [2.05, 4.69) is 5.32 Å². The highest BCUT2D eigenvalue weighted by Gasteiger charge is 2.60. The molecule has 4 atom stereocenters. The van der Waals surface area contributed by atoms with E-state index in [1.54, 1.807) is 0 Å². The number of imide groups is 1. The van der Waals surface area contributed by atoms with E-state index < -0.39 is 18.5 Å². The molecule has 0 radical (unpaired) electrons. The van der Waals surface area contributed by atoms with E-state index in [1.165, 1.54) is 4.90 Å². The summed E-state index contributed by atoms with van der Waals surface area (Å²) in [4.78, 5) is 50.5. The molecule has 3 fully saturated rings. The Morgan fingerprint density at radius 3 is 2.21 bits per heavy atom. The second kappa shape index (κ2) is 7.61. The van der Waals surface area contributed by atoms with Crippen LogP contribution in [0.1, 0.15) is 36.8 Å². The first-order valence-corrected chi connectivity index (χ1v) is 10.2. The van der Waals surface area contributed by atoms with Gasteiger partial charge in [0.15, 0.2) is 6.61 Å². The summed E-state index contributed by atoms with van der Waals surface area (Å²) in [7, 11) is 0. The number of carbonyl (C=O) groups is 4. The summed E-state index contributed by atoms with van der Waals surface area (Å²) < 4.78 is 5.02. The molecule has 3 amide bonds. The number of hydrogen-bond donors (Lipinski definition) is 1. The monoisotopic (exact) mass is 398 g/mol. The molecule has 154 valence electrons.